The van der Waals surface area contributed by atoms with Crippen LogP contribution in [0.15, 0.2) is 54.6 Å². The number of nitrogens with two attached hydrogens (primary N) is 1. The van der Waals surface area contributed by atoms with Crippen LogP contribution in [0.25, 0.3) is 0 Å². The fourth-order valence-corrected chi connectivity index (χ4v) is 3.79. The van der Waals surface area contributed by atoms with E-state index < -0.39 is 0 Å². The summed E-state index contributed by atoms with van der Waals surface area (Å²) >= 11 is 0. The third-order valence-electron chi connectivity index (χ3n) is 5.55. The Labute approximate surface area is 167 Å². The lowest BCUT2D eigenvalue weighted by molar-refractivity contribution is 0.0781. The van der Waals surface area contributed by atoms with Crippen LogP contribution in [0.5, 0.6) is 5.75 Å². The first kappa shape index (κ1) is 19.7. The van der Waals surface area contributed by atoms with Gasteiger partial charge < -0.3 is 15.4 Å². The van der Waals surface area contributed by atoms with E-state index >= 15 is 0 Å². The Morgan fingerprint density at radius 1 is 1.04 bits per heavy atom. The molecule has 2 aliphatic rings. The lowest BCUT2D eigenvalue weighted by Crippen LogP contribution is -2.30. The highest BCUT2D eigenvalue weighted by atomic mass is 35.5. The van der Waals surface area contributed by atoms with Crippen molar-refractivity contribution in [3.05, 3.63) is 65.7 Å². The van der Waals surface area contributed by atoms with Crippen LogP contribution in [0.2, 0.25) is 0 Å². The summed E-state index contributed by atoms with van der Waals surface area (Å²) in [5.74, 6) is 2.00. The van der Waals surface area contributed by atoms with E-state index in [4.69, 9.17) is 10.5 Å². The smallest absolute Gasteiger partial charge is 0.257 e. The van der Waals surface area contributed by atoms with E-state index in [2.05, 4.69) is 24.3 Å². The van der Waals surface area contributed by atoms with Crippen LogP contribution in [0.3, 0.4) is 0 Å². The molecule has 1 amide bonds. The summed E-state index contributed by atoms with van der Waals surface area (Å²) in [6.45, 7) is 2.71. The molecule has 1 saturated carbocycles. The van der Waals surface area contributed by atoms with Crippen LogP contribution >= 0.6 is 12.4 Å². The predicted octanol–water partition coefficient (Wildman–Crippen LogP) is 3.71. The highest BCUT2D eigenvalue weighted by Crippen LogP contribution is 2.34. The van der Waals surface area contributed by atoms with Gasteiger partial charge in [0.05, 0.1) is 12.2 Å². The maximum Gasteiger partial charge on any atom is 0.257 e. The van der Waals surface area contributed by atoms with E-state index in [1.54, 1.807) is 0 Å². The molecule has 0 spiro atoms. The highest BCUT2D eigenvalue weighted by Gasteiger charge is 2.36. The number of hydrogen-bond donors (Lipinski definition) is 1. The molecular weight excluding hydrogens is 360 g/mol. The molecule has 144 valence electrons. The molecule has 0 bridgehead atoms. The van der Waals surface area contributed by atoms with Crippen molar-refractivity contribution in [3.8, 4) is 5.75 Å². The summed E-state index contributed by atoms with van der Waals surface area (Å²) in [6, 6.07) is 18.0. The Morgan fingerprint density at radius 2 is 1.74 bits per heavy atom. The molecule has 0 radical (unpaired) electrons. The molecule has 2 aromatic rings. The number of rotatable bonds is 6. The topological polar surface area (TPSA) is 55.6 Å². The van der Waals surface area contributed by atoms with Crippen molar-refractivity contribution in [2.24, 2.45) is 17.6 Å². The van der Waals surface area contributed by atoms with Crippen LogP contribution in [-0.4, -0.2) is 37.0 Å². The number of carbonyl (C=O) groups excluding carboxylic acids is 1. The summed E-state index contributed by atoms with van der Waals surface area (Å²) in [6.07, 6.45) is 2.47. The van der Waals surface area contributed by atoms with Crippen molar-refractivity contribution in [1.29, 1.82) is 0 Å². The van der Waals surface area contributed by atoms with Crippen molar-refractivity contribution in [1.82, 2.24) is 4.90 Å². The zero-order valence-corrected chi connectivity index (χ0v) is 16.2. The van der Waals surface area contributed by atoms with Gasteiger partial charge in [-0.25, -0.2) is 0 Å². The first-order valence-corrected chi connectivity index (χ1v) is 9.52. The first-order chi connectivity index (χ1) is 12.8. The van der Waals surface area contributed by atoms with Crippen LogP contribution in [0.1, 0.15) is 34.7 Å². The van der Waals surface area contributed by atoms with Gasteiger partial charge in [-0.05, 0) is 48.9 Å². The largest absolute Gasteiger partial charge is 0.492 e. The van der Waals surface area contributed by atoms with Gasteiger partial charge in [-0.2, -0.15) is 0 Å². The predicted molar refractivity (Wildman–Crippen MR) is 110 cm³/mol. The van der Waals surface area contributed by atoms with Crippen LogP contribution in [-0.2, 0) is 0 Å². The molecule has 1 aliphatic carbocycles. The van der Waals surface area contributed by atoms with E-state index in [9.17, 15) is 4.79 Å². The number of halogens is 1. The first-order valence-electron chi connectivity index (χ1n) is 9.52. The molecule has 2 atom stereocenters. The molecule has 1 aliphatic heterocycles. The van der Waals surface area contributed by atoms with Crippen molar-refractivity contribution in [2.75, 3.05) is 26.2 Å². The quantitative estimate of drug-likeness (QED) is 0.823. The van der Waals surface area contributed by atoms with E-state index in [0.717, 1.165) is 0 Å². The number of benzene rings is 2. The van der Waals surface area contributed by atoms with Gasteiger partial charge in [0, 0.05) is 19.0 Å². The molecule has 1 saturated heterocycles. The van der Waals surface area contributed by atoms with Crippen LogP contribution in [0.4, 0.5) is 0 Å². The van der Waals surface area contributed by atoms with E-state index in [0.29, 0.717) is 55.3 Å². The van der Waals surface area contributed by atoms with Gasteiger partial charge >= 0.3 is 0 Å². The van der Waals surface area contributed by atoms with Gasteiger partial charge in [0.2, 0.25) is 0 Å². The van der Waals surface area contributed by atoms with E-state index in [-0.39, 0.29) is 18.3 Å². The summed E-state index contributed by atoms with van der Waals surface area (Å²) in [5, 5.41) is 0. The average Bonchev–Trinajstić information content (AvgIpc) is 3.43. The lowest BCUT2D eigenvalue weighted by Gasteiger charge is -2.19. The van der Waals surface area contributed by atoms with Crippen molar-refractivity contribution < 1.29 is 9.53 Å². The van der Waals surface area contributed by atoms with Gasteiger partial charge in [0.25, 0.3) is 5.91 Å². The van der Waals surface area contributed by atoms with Gasteiger partial charge in [-0.3, -0.25) is 4.79 Å². The second kappa shape index (κ2) is 8.77. The number of amides is 1. The molecule has 0 aromatic heterocycles. The molecule has 1 heterocycles. The Hall–Kier alpha value is -2.04. The third-order valence-corrected chi connectivity index (χ3v) is 5.55. The zero-order chi connectivity index (χ0) is 17.9. The second-order valence-corrected chi connectivity index (χ2v) is 7.47. The molecule has 4 rings (SSSR count). The molecule has 2 fully saturated rings. The molecule has 2 aromatic carbocycles. The monoisotopic (exact) mass is 386 g/mol. The van der Waals surface area contributed by atoms with Crippen LogP contribution < -0.4 is 10.5 Å². The average molecular weight is 387 g/mol. The zero-order valence-electron chi connectivity index (χ0n) is 15.4. The van der Waals surface area contributed by atoms with Gasteiger partial charge in [-0.15, -0.1) is 12.4 Å². The minimum atomic E-state index is 0. The highest BCUT2D eigenvalue weighted by molar-refractivity contribution is 5.97. The summed E-state index contributed by atoms with van der Waals surface area (Å²) < 4.78 is 5.93. The van der Waals surface area contributed by atoms with Gasteiger partial charge in [0.1, 0.15) is 5.75 Å². The van der Waals surface area contributed by atoms with Gasteiger partial charge in [-0.1, -0.05) is 42.5 Å². The summed E-state index contributed by atoms with van der Waals surface area (Å²) in [7, 11) is 0. The molecule has 27 heavy (non-hydrogen) atoms. The van der Waals surface area contributed by atoms with Crippen molar-refractivity contribution in [3.63, 3.8) is 0 Å². The number of ether oxygens (including phenoxy) is 1. The van der Waals surface area contributed by atoms with Crippen LogP contribution in [0, 0.1) is 11.8 Å². The number of para-hydroxylation sites is 1. The number of likely N-dealkylation sites (tertiary alicyclic amines) is 1. The normalized spacial score (nSPS) is 21.6. The van der Waals surface area contributed by atoms with E-state index in [1.165, 1.54) is 18.4 Å². The molecule has 5 heteroatoms. The van der Waals surface area contributed by atoms with Gasteiger partial charge in [0.15, 0.2) is 0 Å². The van der Waals surface area contributed by atoms with Crippen molar-refractivity contribution in [2.45, 2.75) is 18.8 Å². The number of hydrogen-bond acceptors (Lipinski definition) is 3. The molecule has 4 nitrogen and oxygen atoms in total. The summed E-state index contributed by atoms with van der Waals surface area (Å²) in [4.78, 5) is 15.1. The van der Waals surface area contributed by atoms with E-state index in [1.807, 2.05) is 35.2 Å². The number of nitrogens with zero attached hydrogens (tertiary/aromatic N) is 1. The maximum absolute atomic E-state index is 13.2. The third kappa shape index (κ3) is 4.45. The maximum atomic E-state index is 13.2. The summed E-state index contributed by atoms with van der Waals surface area (Å²) in [5.41, 5.74) is 7.94. The Kier molecular flexibility index (Phi) is 6.40. The second-order valence-electron chi connectivity index (χ2n) is 7.47. The molecule has 2 N–H and O–H groups in total. The Bertz CT molecular complexity index is 764. The fourth-order valence-electron chi connectivity index (χ4n) is 3.79. The minimum absolute atomic E-state index is 0. The molecule has 0 unspecified atom stereocenters. The molecular formula is C22H27ClN2O2. The van der Waals surface area contributed by atoms with Crippen molar-refractivity contribution >= 4 is 18.3 Å². The fraction of sp³-hybridized carbons (Fsp3) is 0.409. The Morgan fingerprint density at radius 3 is 2.44 bits per heavy atom. The SMILES string of the molecule is Cl.NC[C@@H]1CN(C(=O)c2ccccc2OCC2CC2)C[C@H]1c1ccccc1. The lowest BCUT2D eigenvalue weighted by atomic mass is 9.89. The standard InChI is InChI=1S/C22H26N2O2.ClH/c23-12-18-13-24(14-20(18)17-6-2-1-3-7-17)22(25)19-8-4-5-9-21(19)26-15-16-10-11-16;/h1-9,16,18,20H,10-15,23H2;1H/t18-,20+;/m1./s1. The Balaban J connectivity index is 0.00000210. The minimum Gasteiger partial charge on any atom is -0.492 e. The number of carbonyl (C=O) groups is 1.